The van der Waals surface area contributed by atoms with Crippen LogP contribution in [-0.4, -0.2) is 13.7 Å². The molecule has 1 aromatic rings. The van der Waals surface area contributed by atoms with Gasteiger partial charge in [0.2, 0.25) is 0 Å². The summed E-state index contributed by atoms with van der Waals surface area (Å²) in [6, 6.07) is 4.23. The van der Waals surface area contributed by atoms with Gasteiger partial charge in [-0.15, -0.1) is 0 Å². The van der Waals surface area contributed by atoms with Crippen molar-refractivity contribution >= 4 is 16.8 Å². The first-order valence-corrected chi connectivity index (χ1v) is 4.49. The minimum absolute atomic E-state index is 0.132. The molecule has 1 atom stereocenters. The molecule has 0 radical (unpaired) electrons. The standard InChI is InChI=1S/C7H7NO4S/c1-5-3-2-4-6(8(9)10)7(5)13(11)12/h2-4H,1H3,(H,11,12). The van der Waals surface area contributed by atoms with Gasteiger partial charge in [0.15, 0.2) is 11.1 Å². The van der Waals surface area contributed by atoms with E-state index in [2.05, 4.69) is 0 Å². The van der Waals surface area contributed by atoms with E-state index in [0.717, 1.165) is 0 Å². The van der Waals surface area contributed by atoms with Crippen LogP contribution in [0.25, 0.3) is 0 Å². The molecular weight excluding hydrogens is 194 g/mol. The quantitative estimate of drug-likeness (QED) is 0.446. The summed E-state index contributed by atoms with van der Waals surface area (Å²) >= 11 is -2.31. The maximum Gasteiger partial charge on any atom is 0.288 e. The van der Waals surface area contributed by atoms with E-state index in [1.165, 1.54) is 12.1 Å². The second-order valence-corrected chi connectivity index (χ2v) is 3.34. The van der Waals surface area contributed by atoms with Crippen LogP contribution in [0.2, 0.25) is 0 Å². The number of rotatable bonds is 2. The predicted molar refractivity (Wildman–Crippen MR) is 46.9 cm³/mol. The molecule has 0 saturated heterocycles. The molecule has 0 spiro atoms. The van der Waals surface area contributed by atoms with E-state index in [9.17, 15) is 14.3 Å². The third-order valence-electron chi connectivity index (χ3n) is 1.56. The van der Waals surface area contributed by atoms with Crippen molar-refractivity contribution in [3.05, 3.63) is 33.9 Å². The van der Waals surface area contributed by atoms with Gasteiger partial charge in [0.25, 0.3) is 5.69 Å². The van der Waals surface area contributed by atoms with E-state index in [0.29, 0.717) is 5.56 Å². The monoisotopic (exact) mass is 201 g/mol. The Morgan fingerprint density at radius 2 is 2.15 bits per heavy atom. The predicted octanol–water partition coefficient (Wildman–Crippen LogP) is 1.48. The Labute approximate surface area is 76.8 Å². The highest BCUT2D eigenvalue weighted by Crippen LogP contribution is 2.24. The molecular formula is C7H7NO4S. The second kappa shape index (κ2) is 3.63. The minimum Gasteiger partial charge on any atom is -0.302 e. The summed E-state index contributed by atoms with van der Waals surface area (Å²) in [6.45, 7) is 1.55. The molecule has 0 aliphatic carbocycles. The number of nitrogens with zero attached hydrogens (tertiary/aromatic N) is 1. The van der Waals surface area contributed by atoms with Gasteiger partial charge in [0, 0.05) is 6.07 Å². The summed E-state index contributed by atoms with van der Waals surface area (Å²) in [4.78, 5) is 9.64. The van der Waals surface area contributed by atoms with E-state index < -0.39 is 16.0 Å². The number of nitro benzene ring substituents is 1. The minimum atomic E-state index is -2.31. The van der Waals surface area contributed by atoms with Gasteiger partial charge >= 0.3 is 0 Å². The molecule has 70 valence electrons. The highest BCUT2D eigenvalue weighted by atomic mass is 32.2. The summed E-state index contributed by atoms with van der Waals surface area (Å²) in [5.41, 5.74) is 0.121. The van der Waals surface area contributed by atoms with Crippen molar-refractivity contribution in [2.75, 3.05) is 0 Å². The molecule has 6 heteroatoms. The van der Waals surface area contributed by atoms with Crippen molar-refractivity contribution in [2.45, 2.75) is 11.8 Å². The molecule has 0 aliphatic heterocycles. The van der Waals surface area contributed by atoms with Gasteiger partial charge in [0.05, 0.1) is 4.92 Å². The molecule has 0 fully saturated rings. The van der Waals surface area contributed by atoms with Crippen LogP contribution in [0.1, 0.15) is 5.56 Å². The average Bonchev–Trinajstić information content (AvgIpc) is 2.02. The Morgan fingerprint density at radius 1 is 1.54 bits per heavy atom. The Morgan fingerprint density at radius 3 is 2.54 bits per heavy atom. The van der Waals surface area contributed by atoms with E-state index in [1.54, 1.807) is 13.0 Å². The number of hydrogen-bond acceptors (Lipinski definition) is 3. The molecule has 13 heavy (non-hydrogen) atoms. The van der Waals surface area contributed by atoms with E-state index in [-0.39, 0.29) is 10.6 Å². The van der Waals surface area contributed by atoms with Gasteiger partial charge in [0.1, 0.15) is 4.90 Å². The lowest BCUT2D eigenvalue weighted by Crippen LogP contribution is -1.99. The van der Waals surface area contributed by atoms with Crippen molar-refractivity contribution in [3.63, 3.8) is 0 Å². The zero-order valence-corrected chi connectivity index (χ0v) is 7.58. The summed E-state index contributed by atoms with van der Waals surface area (Å²) in [7, 11) is 0. The smallest absolute Gasteiger partial charge is 0.288 e. The van der Waals surface area contributed by atoms with Crippen LogP contribution in [0.15, 0.2) is 23.1 Å². The third kappa shape index (κ3) is 1.90. The Hall–Kier alpha value is -1.27. The number of aryl methyl sites for hydroxylation is 1. The van der Waals surface area contributed by atoms with Crippen LogP contribution in [0.4, 0.5) is 5.69 Å². The lowest BCUT2D eigenvalue weighted by atomic mass is 10.2. The lowest BCUT2D eigenvalue weighted by molar-refractivity contribution is -0.387. The molecule has 0 bridgehead atoms. The van der Waals surface area contributed by atoms with Gasteiger partial charge in [-0.2, -0.15) is 0 Å². The molecule has 1 rings (SSSR count). The summed E-state index contributed by atoms with van der Waals surface area (Å²) in [5.74, 6) is 0. The molecule has 0 heterocycles. The Balaban J connectivity index is 3.43. The normalized spacial score (nSPS) is 12.5. The first-order valence-electron chi connectivity index (χ1n) is 3.39. The van der Waals surface area contributed by atoms with Gasteiger partial charge in [-0.3, -0.25) is 10.1 Å². The molecule has 0 aliphatic rings. The molecule has 1 N–H and O–H groups in total. The summed E-state index contributed by atoms with van der Waals surface area (Å²) < 4.78 is 19.6. The fourth-order valence-electron chi connectivity index (χ4n) is 1.01. The molecule has 0 saturated carbocycles. The first kappa shape index (κ1) is 9.82. The van der Waals surface area contributed by atoms with Crippen molar-refractivity contribution < 1.29 is 13.7 Å². The van der Waals surface area contributed by atoms with Crippen LogP contribution >= 0.6 is 0 Å². The van der Waals surface area contributed by atoms with Crippen molar-refractivity contribution in [1.82, 2.24) is 0 Å². The fraction of sp³-hybridized carbons (Fsp3) is 0.143. The fourth-order valence-corrected chi connectivity index (χ4v) is 1.67. The SMILES string of the molecule is Cc1cccc([N+](=O)[O-])c1S(=O)O. The largest absolute Gasteiger partial charge is 0.302 e. The van der Waals surface area contributed by atoms with Gasteiger partial charge in [-0.05, 0) is 12.5 Å². The topological polar surface area (TPSA) is 80.4 Å². The molecule has 5 nitrogen and oxygen atoms in total. The zero-order chi connectivity index (χ0) is 10.0. The highest BCUT2D eigenvalue weighted by Gasteiger charge is 2.19. The first-order chi connectivity index (χ1) is 6.04. The van der Waals surface area contributed by atoms with Gasteiger partial charge in [-0.25, -0.2) is 4.21 Å². The van der Waals surface area contributed by atoms with Gasteiger partial charge in [-0.1, -0.05) is 12.1 Å². The second-order valence-electron chi connectivity index (χ2n) is 2.43. The van der Waals surface area contributed by atoms with Crippen molar-refractivity contribution in [1.29, 1.82) is 0 Å². The van der Waals surface area contributed by atoms with E-state index in [4.69, 9.17) is 4.55 Å². The highest BCUT2D eigenvalue weighted by molar-refractivity contribution is 7.79. The van der Waals surface area contributed by atoms with Crippen LogP contribution in [-0.2, 0) is 11.1 Å². The van der Waals surface area contributed by atoms with Crippen LogP contribution in [0.5, 0.6) is 0 Å². The number of benzene rings is 1. The van der Waals surface area contributed by atoms with Crippen molar-refractivity contribution in [2.24, 2.45) is 0 Å². The van der Waals surface area contributed by atoms with Crippen LogP contribution < -0.4 is 0 Å². The zero-order valence-electron chi connectivity index (χ0n) is 6.76. The number of hydrogen-bond donors (Lipinski definition) is 1. The van der Waals surface area contributed by atoms with Gasteiger partial charge < -0.3 is 4.55 Å². The molecule has 0 amide bonds. The molecule has 0 aromatic heterocycles. The third-order valence-corrected chi connectivity index (χ3v) is 2.44. The molecule has 1 aromatic carbocycles. The van der Waals surface area contributed by atoms with Crippen LogP contribution in [0.3, 0.4) is 0 Å². The lowest BCUT2D eigenvalue weighted by Gasteiger charge is -2.00. The number of nitro groups is 1. The maximum atomic E-state index is 10.8. The maximum absolute atomic E-state index is 10.8. The summed E-state index contributed by atoms with van der Waals surface area (Å²) in [6.07, 6.45) is 0. The van der Waals surface area contributed by atoms with Crippen LogP contribution in [0, 0.1) is 17.0 Å². The Bertz CT molecular complexity index is 377. The Kier molecular flexibility index (Phi) is 2.74. The molecule has 1 unspecified atom stereocenters. The average molecular weight is 201 g/mol. The van der Waals surface area contributed by atoms with E-state index in [1.807, 2.05) is 0 Å². The van der Waals surface area contributed by atoms with Crippen molar-refractivity contribution in [3.8, 4) is 0 Å². The summed E-state index contributed by atoms with van der Waals surface area (Å²) in [5, 5.41) is 10.4. The van der Waals surface area contributed by atoms with E-state index >= 15 is 0 Å².